The lowest BCUT2D eigenvalue weighted by molar-refractivity contribution is 0.461. The molecule has 0 bridgehead atoms. The molecule has 3 nitrogen and oxygen atoms in total. The Hall–Kier alpha value is -1.13. The SMILES string of the molecule is Brc1cnn(-c2ccc(C3CCCNC3)cc2)c1C1CC1. The summed E-state index contributed by atoms with van der Waals surface area (Å²) in [4.78, 5) is 0. The van der Waals surface area contributed by atoms with Crippen LogP contribution in [0.5, 0.6) is 0 Å². The maximum Gasteiger partial charge on any atom is 0.0649 e. The first-order valence-electron chi connectivity index (χ1n) is 7.87. The summed E-state index contributed by atoms with van der Waals surface area (Å²) in [5, 5.41) is 8.04. The summed E-state index contributed by atoms with van der Waals surface area (Å²) >= 11 is 3.64. The van der Waals surface area contributed by atoms with Crippen molar-refractivity contribution in [3.05, 3.63) is 46.2 Å². The fraction of sp³-hybridized carbons (Fsp3) is 0.471. The van der Waals surface area contributed by atoms with Crippen molar-refractivity contribution in [3.63, 3.8) is 0 Å². The largest absolute Gasteiger partial charge is 0.316 e. The number of benzene rings is 1. The standard InChI is InChI=1S/C17H20BrN3/c18-16-11-20-21(17(16)13-3-4-13)15-7-5-12(6-8-15)14-2-1-9-19-10-14/h5-8,11,13-14,19H,1-4,9-10H2. The average Bonchev–Trinajstić information content (AvgIpc) is 3.31. The van der Waals surface area contributed by atoms with Crippen molar-refractivity contribution in [1.82, 2.24) is 15.1 Å². The van der Waals surface area contributed by atoms with Crippen molar-refractivity contribution in [1.29, 1.82) is 0 Å². The van der Waals surface area contributed by atoms with Crippen LogP contribution < -0.4 is 5.32 Å². The number of hydrogen-bond acceptors (Lipinski definition) is 2. The molecule has 1 saturated carbocycles. The summed E-state index contributed by atoms with van der Waals surface area (Å²) < 4.78 is 3.25. The van der Waals surface area contributed by atoms with Crippen molar-refractivity contribution in [2.45, 2.75) is 37.5 Å². The smallest absolute Gasteiger partial charge is 0.0649 e. The highest BCUT2D eigenvalue weighted by Crippen LogP contribution is 2.44. The summed E-state index contributed by atoms with van der Waals surface area (Å²) in [6, 6.07) is 8.99. The Bertz CT molecular complexity index is 622. The molecule has 1 aliphatic carbocycles. The molecule has 110 valence electrons. The summed E-state index contributed by atoms with van der Waals surface area (Å²) in [6.45, 7) is 2.28. The lowest BCUT2D eigenvalue weighted by Crippen LogP contribution is -2.28. The molecule has 4 heteroatoms. The molecule has 2 aliphatic rings. The van der Waals surface area contributed by atoms with E-state index in [1.165, 1.54) is 49.2 Å². The monoisotopic (exact) mass is 345 g/mol. The van der Waals surface area contributed by atoms with Gasteiger partial charge in [0.05, 0.1) is 22.1 Å². The van der Waals surface area contributed by atoms with E-state index in [0.29, 0.717) is 11.8 Å². The first kappa shape index (κ1) is 13.5. The second kappa shape index (κ2) is 5.58. The lowest BCUT2D eigenvalue weighted by Gasteiger charge is -2.23. The van der Waals surface area contributed by atoms with Crippen molar-refractivity contribution in [3.8, 4) is 5.69 Å². The maximum absolute atomic E-state index is 4.55. The molecule has 1 unspecified atom stereocenters. The van der Waals surface area contributed by atoms with Gasteiger partial charge < -0.3 is 5.32 Å². The minimum atomic E-state index is 0.667. The highest BCUT2D eigenvalue weighted by molar-refractivity contribution is 9.10. The summed E-state index contributed by atoms with van der Waals surface area (Å²) in [7, 11) is 0. The Balaban J connectivity index is 1.61. The van der Waals surface area contributed by atoms with Crippen LogP contribution in [0.1, 0.15) is 48.8 Å². The molecule has 1 aromatic heterocycles. The van der Waals surface area contributed by atoms with Gasteiger partial charge in [0.15, 0.2) is 0 Å². The Morgan fingerprint density at radius 1 is 1.10 bits per heavy atom. The number of halogens is 1. The van der Waals surface area contributed by atoms with E-state index in [4.69, 9.17) is 0 Å². The van der Waals surface area contributed by atoms with Gasteiger partial charge in [-0.3, -0.25) is 0 Å². The number of nitrogens with one attached hydrogen (secondary N) is 1. The van der Waals surface area contributed by atoms with Gasteiger partial charge in [0.2, 0.25) is 0 Å². The number of rotatable bonds is 3. The zero-order valence-electron chi connectivity index (χ0n) is 12.1. The molecule has 2 fully saturated rings. The molecular formula is C17H20BrN3. The maximum atomic E-state index is 4.55. The topological polar surface area (TPSA) is 29.9 Å². The Morgan fingerprint density at radius 2 is 1.90 bits per heavy atom. The quantitative estimate of drug-likeness (QED) is 0.911. The van der Waals surface area contributed by atoms with Gasteiger partial charge in [-0.1, -0.05) is 12.1 Å². The van der Waals surface area contributed by atoms with E-state index in [1.54, 1.807) is 0 Å². The van der Waals surface area contributed by atoms with Gasteiger partial charge >= 0.3 is 0 Å². The molecule has 4 rings (SSSR count). The Labute approximate surface area is 133 Å². The third-order valence-corrected chi connectivity index (χ3v) is 5.24. The normalized spacial score (nSPS) is 22.4. The van der Waals surface area contributed by atoms with E-state index in [0.717, 1.165) is 11.0 Å². The lowest BCUT2D eigenvalue weighted by atomic mass is 9.92. The summed E-state index contributed by atoms with van der Waals surface area (Å²) in [5.74, 6) is 1.35. The van der Waals surface area contributed by atoms with Gasteiger partial charge in [0.1, 0.15) is 0 Å². The van der Waals surface area contributed by atoms with Crippen LogP contribution in [0, 0.1) is 0 Å². The fourth-order valence-corrected chi connectivity index (χ4v) is 3.88. The van der Waals surface area contributed by atoms with Gasteiger partial charge in [0, 0.05) is 12.5 Å². The predicted octanol–water partition coefficient (Wildman–Crippen LogP) is 3.98. The minimum Gasteiger partial charge on any atom is -0.316 e. The second-order valence-corrected chi connectivity index (χ2v) is 7.05. The van der Waals surface area contributed by atoms with Crippen molar-refractivity contribution in [2.75, 3.05) is 13.1 Å². The van der Waals surface area contributed by atoms with E-state index < -0.39 is 0 Å². The van der Waals surface area contributed by atoms with Crippen molar-refractivity contribution in [2.24, 2.45) is 0 Å². The number of nitrogens with zero attached hydrogens (tertiary/aromatic N) is 2. The molecule has 21 heavy (non-hydrogen) atoms. The van der Waals surface area contributed by atoms with E-state index in [-0.39, 0.29) is 0 Å². The predicted molar refractivity (Wildman–Crippen MR) is 88.1 cm³/mol. The molecule has 1 aromatic carbocycles. The van der Waals surface area contributed by atoms with Gasteiger partial charge in [-0.15, -0.1) is 0 Å². The Kier molecular flexibility index (Phi) is 3.59. The van der Waals surface area contributed by atoms with Crippen LogP contribution in [0.25, 0.3) is 5.69 Å². The van der Waals surface area contributed by atoms with Gasteiger partial charge in [0.25, 0.3) is 0 Å². The zero-order chi connectivity index (χ0) is 14.2. The molecule has 2 heterocycles. The van der Waals surface area contributed by atoms with Gasteiger partial charge in [-0.2, -0.15) is 5.10 Å². The molecule has 1 N–H and O–H groups in total. The summed E-state index contributed by atoms with van der Waals surface area (Å²) in [5.41, 5.74) is 3.96. The fourth-order valence-electron chi connectivity index (χ4n) is 3.29. The molecule has 2 aromatic rings. The third-order valence-electron chi connectivity index (χ3n) is 4.63. The second-order valence-electron chi connectivity index (χ2n) is 6.20. The first-order chi connectivity index (χ1) is 10.3. The Morgan fingerprint density at radius 3 is 2.57 bits per heavy atom. The highest BCUT2D eigenvalue weighted by Gasteiger charge is 2.30. The van der Waals surface area contributed by atoms with Crippen LogP contribution in [-0.2, 0) is 0 Å². The number of piperidine rings is 1. The third kappa shape index (κ3) is 2.67. The van der Waals surface area contributed by atoms with E-state index in [2.05, 4.69) is 55.3 Å². The first-order valence-corrected chi connectivity index (χ1v) is 8.66. The number of aromatic nitrogens is 2. The van der Waals surface area contributed by atoms with Crippen LogP contribution in [0.15, 0.2) is 34.9 Å². The van der Waals surface area contributed by atoms with Gasteiger partial charge in [-0.25, -0.2) is 4.68 Å². The van der Waals surface area contributed by atoms with Crippen LogP contribution in [0.3, 0.4) is 0 Å². The van der Waals surface area contributed by atoms with Crippen LogP contribution in [-0.4, -0.2) is 22.9 Å². The van der Waals surface area contributed by atoms with E-state index in [1.807, 2.05) is 6.20 Å². The highest BCUT2D eigenvalue weighted by atomic mass is 79.9. The van der Waals surface area contributed by atoms with Crippen molar-refractivity contribution < 1.29 is 0 Å². The molecule has 1 saturated heterocycles. The summed E-state index contributed by atoms with van der Waals surface area (Å²) in [6.07, 6.45) is 7.08. The molecule has 1 atom stereocenters. The molecular weight excluding hydrogens is 326 g/mol. The van der Waals surface area contributed by atoms with E-state index >= 15 is 0 Å². The van der Waals surface area contributed by atoms with Gasteiger partial charge in [-0.05, 0) is 71.8 Å². The molecule has 0 radical (unpaired) electrons. The van der Waals surface area contributed by atoms with Crippen LogP contribution in [0.2, 0.25) is 0 Å². The van der Waals surface area contributed by atoms with Crippen LogP contribution >= 0.6 is 15.9 Å². The molecule has 0 spiro atoms. The minimum absolute atomic E-state index is 0.667. The zero-order valence-corrected chi connectivity index (χ0v) is 13.6. The van der Waals surface area contributed by atoms with E-state index in [9.17, 15) is 0 Å². The molecule has 0 amide bonds. The van der Waals surface area contributed by atoms with Crippen molar-refractivity contribution >= 4 is 15.9 Å². The average molecular weight is 346 g/mol. The van der Waals surface area contributed by atoms with Crippen LogP contribution in [0.4, 0.5) is 0 Å². The number of hydrogen-bond donors (Lipinski definition) is 1. The molecule has 1 aliphatic heterocycles.